The number of fused-ring (bicyclic) bond motifs is 2. The van der Waals surface area contributed by atoms with Gasteiger partial charge in [-0.25, -0.2) is 0 Å². The molecule has 3 saturated carbocycles. The first kappa shape index (κ1) is 32.6. The van der Waals surface area contributed by atoms with Crippen LogP contribution in [0.25, 0.3) is 11.1 Å². The second-order valence-electron chi connectivity index (χ2n) is 13.7. The van der Waals surface area contributed by atoms with E-state index in [9.17, 15) is 14.7 Å². The molecule has 4 aliphatic rings. The number of nitrogens with one attached hydrogen (secondary N) is 2. The Kier molecular flexibility index (Phi) is 10.1. The van der Waals surface area contributed by atoms with Crippen molar-refractivity contribution in [2.45, 2.75) is 71.4 Å². The van der Waals surface area contributed by atoms with Crippen LogP contribution in [-0.2, 0) is 20.9 Å². The molecule has 240 valence electrons. The van der Waals surface area contributed by atoms with Crippen LogP contribution in [0.15, 0.2) is 48.5 Å². The third-order valence-corrected chi connectivity index (χ3v) is 10.3. The highest BCUT2D eigenvalue weighted by Crippen LogP contribution is 2.61. The van der Waals surface area contributed by atoms with Crippen molar-refractivity contribution in [3.8, 4) is 11.1 Å². The Morgan fingerprint density at radius 2 is 1.84 bits per heavy atom. The first-order valence-electron chi connectivity index (χ1n) is 16.1. The smallest absolute Gasteiger partial charge is 0.251 e. The van der Waals surface area contributed by atoms with E-state index in [0.717, 1.165) is 29.7 Å². The molecule has 0 spiro atoms. The number of nitrogens with zero attached hydrogens (tertiary/aromatic N) is 2. The molecule has 9 nitrogen and oxygen atoms in total. The molecule has 4 fully saturated rings. The molecule has 2 bridgehead atoms. The van der Waals surface area contributed by atoms with Gasteiger partial charge in [-0.1, -0.05) is 51.1 Å². The fourth-order valence-electron chi connectivity index (χ4n) is 7.58. The Morgan fingerprint density at radius 1 is 1.11 bits per heavy atom. The summed E-state index contributed by atoms with van der Waals surface area (Å²) in [6.07, 6.45) is 1.02. The summed E-state index contributed by atoms with van der Waals surface area (Å²) in [7, 11) is 3.95. The van der Waals surface area contributed by atoms with Gasteiger partial charge in [0.25, 0.3) is 5.91 Å². The summed E-state index contributed by atoms with van der Waals surface area (Å²) in [6.45, 7) is 10.7. The number of hydroxylamine groups is 2. The van der Waals surface area contributed by atoms with Crippen molar-refractivity contribution in [1.29, 1.82) is 0 Å². The van der Waals surface area contributed by atoms with Crippen LogP contribution in [0, 0.1) is 23.2 Å². The number of aliphatic hydroxyl groups excluding tert-OH is 1. The van der Waals surface area contributed by atoms with Gasteiger partial charge >= 0.3 is 0 Å². The molecule has 44 heavy (non-hydrogen) atoms. The average molecular weight is 607 g/mol. The van der Waals surface area contributed by atoms with E-state index >= 15 is 0 Å². The van der Waals surface area contributed by atoms with Crippen molar-refractivity contribution in [3.05, 3.63) is 59.7 Å². The van der Waals surface area contributed by atoms with E-state index in [0.29, 0.717) is 48.4 Å². The molecular formula is C35H50N4O5. The quantitative estimate of drug-likeness (QED) is 0.339. The summed E-state index contributed by atoms with van der Waals surface area (Å²) in [4.78, 5) is 34.9. The molecule has 9 heteroatoms. The number of ether oxygens (including phenoxy) is 1. The molecule has 6 rings (SSSR count). The van der Waals surface area contributed by atoms with Gasteiger partial charge in [-0.3, -0.25) is 14.4 Å². The summed E-state index contributed by atoms with van der Waals surface area (Å²) in [5.74, 6) is 1.43. The van der Waals surface area contributed by atoms with E-state index < -0.39 is 18.2 Å². The zero-order valence-corrected chi connectivity index (χ0v) is 27.1. The molecule has 1 saturated heterocycles. The molecule has 2 aromatic carbocycles. The van der Waals surface area contributed by atoms with Gasteiger partial charge in [0.05, 0.1) is 13.2 Å². The summed E-state index contributed by atoms with van der Waals surface area (Å²) in [5.41, 5.74) is 3.78. The predicted molar refractivity (Wildman–Crippen MR) is 171 cm³/mol. The van der Waals surface area contributed by atoms with Gasteiger partial charge in [0, 0.05) is 31.3 Å². The van der Waals surface area contributed by atoms with Crippen LogP contribution < -0.4 is 10.6 Å². The van der Waals surface area contributed by atoms with Gasteiger partial charge in [-0.15, -0.1) is 0 Å². The highest BCUT2D eigenvalue weighted by molar-refractivity contribution is 5.95. The molecule has 7 atom stereocenters. The number of carbonyl (C=O) groups is 2. The summed E-state index contributed by atoms with van der Waals surface area (Å²) < 4.78 is 6.03. The van der Waals surface area contributed by atoms with Crippen molar-refractivity contribution in [2.75, 3.05) is 40.4 Å². The largest absolute Gasteiger partial charge is 0.393 e. The number of hydrogen-bond acceptors (Lipinski definition) is 7. The molecular weight excluding hydrogens is 556 g/mol. The molecule has 2 aromatic rings. The van der Waals surface area contributed by atoms with E-state index in [2.05, 4.69) is 37.5 Å². The van der Waals surface area contributed by atoms with Crippen molar-refractivity contribution in [1.82, 2.24) is 20.6 Å². The number of hydrogen-bond donors (Lipinski definition) is 3. The summed E-state index contributed by atoms with van der Waals surface area (Å²) in [6, 6.07) is 15.1. The average Bonchev–Trinajstić information content (AvgIpc) is 3.34. The fourth-order valence-corrected chi connectivity index (χ4v) is 7.58. The molecule has 0 aromatic heterocycles. The van der Waals surface area contributed by atoms with Crippen molar-refractivity contribution in [3.63, 3.8) is 0 Å². The van der Waals surface area contributed by atoms with Crippen LogP contribution >= 0.6 is 0 Å². The minimum atomic E-state index is -0.691. The fraction of sp³-hybridized carbons (Fsp3) is 0.600. The number of rotatable bonds is 12. The maximum absolute atomic E-state index is 14.0. The van der Waals surface area contributed by atoms with Crippen LogP contribution in [0.4, 0.5) is 0 Å². The maximum Gasteiger partial charge on any atom is 0.251 e. The van der Waals surface area contributed by atoms with E-state index in [1.165, 1.54) is 6.42 Å². The van der Waals surface area contributed by atoms with Gasteiger partial charge in [-0.05, 0) is 91.9 Å². The molecule has 3 N–H and O–H groups in total. The Hall–Kier alpha value is -2.82. The van der Waals surface area contributed by atoms with Crippen LogP contribution in [0.1, 0.15) is 56.5 Å². The number of aliphatic hydroxyl groups is 1. The molecule has 1 aliphatic heterocycles. The highest BCUT2D eigenvalue weighted by atomic mass is 16.7. The lowest BCUT2D eigenvalue weighted by Gasteiger charge is -2.62. The van der Waals surface area contributed by atoms with Crippen molar-refractivity contribution < 1.29 is 24.3 Å². The summed E-state index contributed by atoms with van der Waals surface area (Å²) >= 11 is 0. The first-order valence-corrected chi connectivity index (χ1v) is 16.1. The van der Waals surface area contributed by atoms with Gasteiger partial charge < -0.3 is 25.4 Å². The number of carbonyl (C=O) groups excluding carboxylic acids is 2. The maximum atomic E-state index is 14.0. The second-order valence-corrected chi connectivity index (χ2v) is 13.7. The lowest BCUT2D eigenvalue weighted by Crippen LogP contribution is -2.62. The van der Waals surface area contributed by atoms with E-state index in [1.807, 2.05) is 68.4 Å². The van der Waals surface area contributed by atoms with Crippen molar-refractivity contribution in [2.24, 2.45) is 23.2 Å². The standard InChI is InChI=1S/C35H50N4O5/c1-7-43-32-30(21-40)44-39(31(32)34(42)37-29-19-27-18-28(22(29)2)35(27,3)4)20-23-10-8-11-24(16-23)25-12-9-13-26(17-25)33(41)36-14-15-38(5)6/h8-13,16-17,22,27-32,40H,7,14-15,18-21H2,1-6H3,(H,36,41)(H,37,42)/t22-,27+,28-,29-,30-,31-,32+/m0/s1. The SMILES string of the molecule is CCO[C@@H]1[C@H](CO)ON(Cc2cccc(-c3cccc(C(=O)NCCN(C)C)c3)c2)[C@@H]1C(=O)N[C@H]1C[C@H]2C[C@@H]([C@@H]1C)C2(C)C. The first-order chi connectivity index (χ1) is 21.0. The minimum Gasteiger partial charge on any atom is -0.393 e. The lowest BCUT2D eigenvalue weighted by molar-refractivity contribution is -0.183. The lowest BCUT2D eigenvalue weighted by atomic mass is 9.45. The Morgan fingerprint density at radius 3 is 2.50 bits per heavy atom. The Bertz CT molecular complexity index is 1320. The minimum absolute atomic E-state index is 0.102. The topological polar surface area (TPSA) is 103 Å². The zero-order valence-electron chi connectivity index (χ0n) is 27.1. The molecule has 1 heterocycles. The van der Waals surface area contributed by atoms with E-state index in [-0.39, 0.29) is 24.5 Å². The summed E-state index contributed by atoms with van der Waals surface area (Å²) in [5, 5.41) is 18.2. The van der Waals surface area contributed by atoms with Gasteiger partial charge in [0.15, 0.2) is 0 Å². The third-order valence-electron chi connectivity index (χ3n) is 10.3. The monoisotopic (exact) mass is 606 g/mol. The molecule has 2 amide bonds. The zero-order chi connectivity index (χ0) is 31.6. The van der Waals surface area contributed by atoms with Crippen LogP contribution in [-0.4, -0.2) is 91.6 Å². The number of likely N-dealkylation sites (N-methyl/N-ethyl adjacent to an activating group) is 1. The Labute approximate surface area is 262 Å². The normalized spacial score (nSPS) is 29.3. The van der Waals surface area contributed by atoms with Crippen LogP contribution in [0.2, 0.25) is 0 Å². The number of amides is 2. The highest BCUT2D eigenvalue weighted by Gasteiger charge is 2.57. The van der Waals surface area contributed by atoms with E-state index in [1.54, 1.807) is 5.06 Å². The van der Waals surface area contributed by atoms with Gasteiger partial charge in [0.2, 0.25) is 5.91 Å². The number of benzene rings is 2. The second kappa shape index (κ2) is 13.7. The Balaban J connectivity index is 1.32. The molecule has 0 radical (unpaired) electrons. The van der Waals surface area contributed by atoms with Gasteiger partial charge in [0.1, 0.15) is 18.2 Å². The predicted octanol–water partition coefficient (Wildman–Crippen LogP) is 3.71. The molecule has 3 aliphatic carbocycles. The molecule has 0 unspecified atom stereocenters. The third kappa shape index (κ3) is 6.72. The van der Waals surface area contributed by atoms with Crippen LogP contribution in [0.3, 0.4) is 0 Å². The van der Waals surface area contributed by atoms with E-state index in [4.69, 9.17) is 9.57 Å². The van der Waals surface area contributed by atoms with Crippen LogP contribution in [0.5, 0.6) is 0 Å². The van der Waals surface area contributed by atoms with Gasteiger partial charge in [-0.2, -0.15) is 5.06 Å². The van der Waals surface area contributed by atoms with Crippen molar-refractivity contribution >= 4 is 11.8 Å².